The van der Waals surface area contributed by atoms with Crippen LogP contribution in [0, 0.1) is 0 Å². The van der Waals surface area contributed by atoms with Gasteiger partial charge in [-0.25, -0.2) is 9.67 Å². The minimum absolute atomic E-state index is 0.228. The lowest BCUT2D eigenvalue weighted by molar-refractivity contribution is 0.102. The number of pyridine rings is 1. The van der Waals surface area contributed by atoms with Crippen molar-refractivity contribution in [3.8, 4) is 0 Å². The molecule has 0 fully saturated rings. The normalized spacial score (nSPS) is 10.9. The zero-order valence-electron chi connectivity index (χ0n) is 15.0. The van der Waals surface area contributed by atoms with Gasteiger partial charge in [-0.2, -0.15) is 0 Å². The van der Waals surface area contributed by atoms with Gasteiger partial charge in [0.25, 0.3) is 5.91 Å². The first-order valence-corrected chi connectivity index (χ1v) is 9.86. The molecule has 2 aromatic carbocycles. The standard InChI is InChI=1S/C20H16ClN5OS/c1-2-26-17-8-6-13(11-16(17)24-25-26)20(27)23-14-7-9-18(15(21)12-14)28-19-5-3-4-10-22-19/h3-12H,2H2,1H3,(H,23,27). The largest absolute Gasteiger partial charge is 0.322 e. The predicted octanol–water partition coefficient (Wildman–Crippen LogP) is 4.90. The third-order valence-electron chi connectivity index (χ3n) is 4.12. The Morgan fingerprint density at radius 3 is 2.82 bits per heavy atom. The van der Waals surface area contributed by atoms with E-state index in [0.717, 1.165) is 22.0 Å². The van der Waals surface area contributed by atoms with Crippen molar-refractivity contribution in [3.63, 3.8) is 0 Å². The van der Waals surface area contributed by atoms with Gasteiger partial charge in [-0.15, -0.1) is 5.10 Å². The lowest BCUT2D eigenvalue weighted by Crippen LogP contribution is -2.11. The van der Waals surface area contributed by atoms with Crippen molar-refractivity contribution < 1.29 is 4.79 Å². The molecule has 0 atom stereocenters. The van der Waals surface area contributed by atoms with Crippen molar-refractivity contribution >= 4 is 46.0 Å². The Hall–Kier alpha value is -2.90. The Morgan fingerprint density at radius 1 is 1.18 bits per heavy atom. The number of amides is 1. The number of rotatable bonds is 5. The van der Waals surface area contributed by atoms with E-state index in [1.54, 1.807) is 29.1 Å². The van der Waals surface area contributed by atoms with Crippen LogP contribution in [0.1, 0.15) is 17.3 Å². The first-order chi connectivity index (χ1) is 13.6. The number of anilines is 1. The van der Waals surface area contributed by atoms with Crippen LogP contribution in [0.5, 0.6) is 0 Å². The van der Waals surface area contributed by atoms with E-state index in [4.69, 9.17) is 11.6 Å². The van der Waals surface area contributed by atoms with E-state index < -0.39 is 0 Å². The van der Waals surface area contributed by atoms with Gasteiger partial charge in [0.2, 0.25) is 0 Å². The lowest BCUT2D eigenvalue weighted by atomic mass is 10.2. The van der Waals surface area contributed by atoms with Crippen LogP contribution in [0.25, 0.3) is 11.0 Å². The fourth-order valence-electron chi connectivity index (χ4n) is 2.73. The molecule has 0 aliphatic heterocycles. The monoisotopic (exact) mass is 409 g/mol. The zero-order valence-corrected chi connectivity index (χ0v) is 16.5. The Labute approximate surface area is 170 Å². The number of carbonyl (C=O) groups is 1. The second-order valence-corrected chi connectivity index (χ2v) is 7.45. The van der Waals surface area contributed by atoms with Gasteiger partial charge >= 0.3 is 0 Å². The van der Waals surface area contributed by atoms with Crippen LogP contribution in [-0.2, 0) is 6.54 Å². The topological polar surface area (TPSA) is 72.7 Å². The molecule has 0 unspecified atom stereocenters. The summed E-state index contributed by atoms with van der Waals surface area (Å²) in [5.41, 5.74) is 2.73. The number of aromatic nitrogens is 4. The van der Waals surface area contributed by atoms with Gasteiger partial charge in [-0.05, 0) is 55.5 Å². The third kappa shape index (κ3) is 3.85. The van der Waals surface area contributed by atoms with Gasteiger partial charge in [0.1, 0.15) is 10.5 Å². The minimum Gasteiger partial charge on any atom is -0.322 e. The highest BCUT2D eigenvalue weighted by Gasteiger charge is 2.11. The summed E-state index contributed by atoms with van der Waals surface area (Å²) in [6.45, 7) is 2.72. The first kappa shape index (κ1) is 18.5. The van der Waals surface area contributed by atoms with E-state index in [-0.39, 0.29) is 5.91 Å². The molecule has 6 nitrogen and oxygen atoms in total. The van der Waals surface area contributed by atoms with Crippen LogP contribution < -0.4 is 5.32 Å². The van der Waals surface area contributed by atoms with Crippen LogP contribution in [0.15, 0.2) is 70.7 Å². The van der Waals surface area contributed by atoms with E-state index in [9.17, 15) is 4.79 Å². The summed E-state index contributed by atoms with van der Waals surface area (Å²) in [7, 11) is 0. The summed E-state index contributed by atoms with van der Waals surface area (Å²) in [5.74, 6) is -0.228. The first-order valence-electron chi connectivity index (χ1n) is 8.67. The average molecular weight is 410 g/mol. The SMILES string of the molecule is CCn1nnc2cc(C(=O)Nc3ccc(Sc4ccccn4)c(Cl)c3)ccc21. The number of fused-ring (bicyclic) bond motifs is 1. The molecule has 1 amide bonds. The Kier molecular flexibility index (Phi) is 5.27. The molecule has 2 aromatic heterocycles. The second-order valence-electron chi connectivity index (χ2n) is 5.98. The summed E-state index contributed by atoms with van der Waals surface area (Å²) in [5, 5.41) is 12.5. The molecule has 140 valence electrons. The van der Waals surface area contributed by atoms with Crippen LogP contribution in [0.4, 0.5) is 5.69 Å². The van der Waals surface area contributed by atoms with E-state index in [2.05, 4.69) is 20.6 Å². The van der Waals surface area contributed by atoms with Crippen molar-refractivity contribution in [2.75, 3.05) is 5.32 Å². The summed E-state index contributed by atoms with van der Waals surface area (Å²) in [6, 6.07) is 16.5. The van der Waals surface area contributed by atoms with Gasteiger partial charge < -0.3 is 5.32 Å². The molecule has 4 rings (SSSR count). The highest BCUT2D eigenvalue weighted by Crippen LogP contribution is 2.33. The fraction of sp³-hybridized carbons (Fsp3) is 0.100. The number of carbonyl (C=O) groups excluding carboxylic acids is 1. The molecule has 0 spiro atoms. The number of nitrogens with one attached hydrogen (secondary N) is 1. The molecular formula is C20H16ClN5OS. The molecule has 0 aliphatic carbocycles. The van der Waals surface area contributed by atoms with E-state index >= 15 is 0 Å². The average Bonchev–Trinajstić information content (AvgIpc) is 3.13. The van der Waals surface area contributed by atoms with Crippen molar-refractivity contribution in [1.29, 1.82) is 0 Å². The zero-order chi connectivity index (χ0) is 19.5. The maximum absolute atomic E-state index is 12.6. The maximum atomic E-state index is 12.6. The molecule has 0 bridgehead atoms. The predicted molar refractivity (Wildman–Crippen MR) is 111 cm³/mol. The maximum Gasteiger partial charge on any atom is 0.255 e. The molecule has 0 saturated carbocycles. The van der Waals surface area contributed by atoms with Gasteiger partial charge in [0.05, 0.1) is 10.5 Å². The Morgan fingerprint density at radius 2 is 2.07 bits per heavy atom. The fourth-order valence-corrected chi connectivity index (χ4v) is 3.81. The number of nitrogens with zero attached hydrogens (tertiary/aromatic N) is 4. The summed E-state index contributed by atoms with van der Waals surface area (Å²) >= 11 is 7.86. The highest BCUT2D eigenvalue weighted by molar-refractivity contribution is 7.99. The number of benzene rings is 2. The van der Waals surface area contributed by atoms with Gasteiger partial charge in [0, 0.05) is 28.9 Å². The van der Waals surface area contributed by atoms with E-state index in [1.165, 1.54) is 11.8 Å². The quantitative estimate of drug-likeness (QED) is 0.507. The number of halogens is 1. The smallest absolute Gasteiger partial charge is 0.255 e. The molecule has 0 aliphatic rings. The lowest BCUT2D eigenvalue weighted by Gasteiger charge is -2.09. The van der Waals surface area contributed by atoms with Crippen LogP contribution in [0.3, 0.4) is 0 Å². The van der Waals surface area contributed by atoms with Crippen molar-refractivity contribution in [3.05, 3.63) is 71.4 Å². The molecule has 0 saturated heterocycles. The van der Waals surface area contributed by atoms with E-state index in [1.807, 2.05) is 43.3 Å². The van der Waals surface area contributed by atoms with Crippen LogP contribution in [-0.4, -0.2) is 25.9 Å². The highest BCUT2D eigenvalue weighted by atomic mass is 35.5. The van der Waals surface area contributed by atoms with Gasteiger partial charge in [-0.3, -0.25) is 4.79 Å². The number of aryl methyl sites for hydroxylation is 1. The van der Waals surface area contributed by atoms with Gasteiger partial charge in [-0.1, -0.05) is 34.6 Å². The molecule has 2 heterocycles. The molecule has 4 aromatic rings. The molecule has 1 N–H and O–H groups in total. The summed E-state index contributed by atoms with van der Waals surface area (Å²) in [4.78, 5) is 17.7. The summed E-state index contributed by atoms with van der Waals surface area (Å²) < 4.78 is 1.79. The van der Waals surface area contributed by atoms with Gasteiger partial charge in [0.15, 0.2) is 0 Å². The second kappa shape index (κ2) is 8.00. The number of hydrogen-bond acceptors (Lipinski definition) is 5. The summed E-state index contributed by atoms with van der Waals surface area (Å²) in [6.07, 6.45) is 1.74. The van der Waals surface area contributed by atoms with Crippen LogP contribution in [0.2, 0.25) is 5.02 Å². The molecule has 28 heavy (non-hydrogen) atoms. The number of hydrogen-bond donors (Lipinski definition) is 1. The third-order valence-corrected chi connectivity index (χ3v) is 5.57. The van der Waals surface area contributed by atoms with Crippen molar-refractivity contribution in [1.82, 2.24) is 20.0 Å². The van der Waals surface area contributed by atoms with Crippen molar-refractivity contribution in [2.45, 2.75) is 23.4 Å². The van der Waals surface area contributed by atoms with Crippen LogP contribution >= 0.6 is 23.4 Å². The Balaban J connectivity index is 1.50. The van der Waals surface area contributed by atoms with E-state index in [0.29, 0.717) is 21.8 Å². The minimum atomic E-state index is -0.228. The molecule has 0 radical (unpaired) electrons. The van der Waals surface area contributed by atoms with Crippen molar-refractivity contribution in [2.24, 2.45) is 0 Å². The molecular weight excluding hydrogens is 394 g/mol. The Bertz CT molecular complexity index is 1150. The molecule has 8 heteroatoms.